The highest BCUT2D eigenvalue weighted by atomic mass is 19.1. The average Bonchev–Trinajstić information content (AvgIpc) is 2.60. The van der Waals surface area contributed by atoms with Gasteiger partial charge in [0, 0.05) is 0 Å². The minimum Gasteiger partial charge on any atom is -0.481 e. The molecule has 0 bridgehead atoms. The Morgan fingerprint density at radius 3 is 1.27 bits per heavy atom. The molecule has 2 atom stereocenters. The van der Waals surface area contributed by atoms with Gasteiger partial charge in [-0.3, -0.25) is 9.59 Å². The number of carboxylic acid groups (broad SMARTS) is 2. The van der Waals surface area contributed by atoms with E-state index in [9.17, 15) is 28.6 Å². The van der Waals surface area contributed by atoms with Crippen LogP contribution in [-0.4, -0.2) is 22.2 Å². The monoisotopic (exact) mass is 362 g/mol. The molecule has 2 aromatic carbocycles. The van der Waals surface area contributed by atoms with E-state index in [1.54, 1.807) is 0 Å². The van der Waals surface area contributed by atoms with Crippen LogP contribution in [0, 0.1) is 23.5 Å². The lowest BCUT2D eigenvalue weighted by Gasteiger charge is -2.17. The van der Waals surface area contributed by atoms with Crippen molar-refractivity contribution < 1.29 is 28.6 Å². The van der Waals surface area contributed by atoms with Crippen LogP contribution >= 0.6 is 0 Å². The molecule has 4 nitrogen and oxygen atoms in total. The van der Waals surface area contributed by atoms with E-state index >= 15 is 0 Å². The molecule has 2 unspecified atom stereocenters. The van der Waals surface area contributed by atoms with Crippen molar-refractivity contribution in [1.82, 2.24) is 0 Å². The Balaban J connectivity index is 1.99. The molecule has 0 heterocycles. The molecular formula is C20H20F2O4. The molecule has 0 spiro atoms. The maximum atomic E-state index is 13.0. The Hall–Kier alpha value is -2.76. The summed E-state index contributed by atoms with van der Waals surface area (Å²) in [6, 6.07) is 11.2. The van der Waals surface area contributed by atoms with Gasteiger partial charge in [0.25, 0.3) is 0 Å². The Morgan fingerprint density at radius 1 is 0.692 bits per heavy atom. The maximum absolute atomic E-state index is 13.0. The van der Waals surface area contributed by atoms with Gasteiger partial charge < -0.3 is 10.2 Å². The fourth-order valence-electron chi connectivity index (χ4n) is 2.84. The summed E-state index contributed by atoms with van der Waals surface area (Å²) in [6.07, 6.45) is 0.784. The number of rotatable bonds is 9. The van der Waals surface area contributed by atoms with Gasteiger partial charge in [-0.1, -0.05) is 24.3 Å². The van der Waals surface area contributed by atoms with Crippen molar-refractivity contribution in [3.63, 3.8) is 0 Å². The summed E-state index contributed by atoms with van der Waals surface area (Å²) in [5.74, 6) is -4.33. The number of halogens is 2. The predicted octanol–water partition coefficient (Wildman–Crippen LogP) is 3.93. The van der Waals surface area contributed by atoms with Crippen molar-refractivity contribution in [2.24, 2.45) is 11.8 Å². The topological polar surface area (TPSA) is 74.6 Å². The molecule has 0 aliphatic heterocycles. The SMILES string of the molecule is O=C(O)C(CCC(Cc1ccc(F)cc1)C(=O)O)Cc1ccc(F)cc1. The molecule has 2 N–H and O–H groups in total. The zero-order valence-electron chi connectivity index (χ0n) is 14.1. The molecule has 26 heavy (non-hydrogen) atoms. The van der Waals surface area contributed by atoms with Crippen LogP contribution in [0.15, 0.2) is 48.5 Å². The number of carbonyl (C=O) groups is 2. The van der Waals surface area contributed by atoms with Crippen LogP contribution in [0.1, 0.15) is 24.0 Å². The zero-order chi connectivity index (χ0) is 19.1. The fourth-order valence-corrected chi connectivity index (χ4v) is 2.84. The van der Waals surface area contributed by atoms with Crippen LogP contribution in [0.25, 0.3) is 0 Å². The minimum absolute atomic E-state index is 0.185. The highest BCUT2D eigenvalue weighted by Crippen LogP contribution is 2.21. The van der Waals surface area contributed by atoms with Crippen molar-refractivity contribution >= 4 is 11.9 Å². The van der Waals surface area contributed by atoms with Gasteiger partial charge in [0.2, 0.25) is 0 Å². The first-order valence-corrected chi connectivity index (χ1v) is 8.29. The van der Waals surface area contributed by atoms with Crippen molar-refractivity contribution in [2.75, 3.05) is 0 Å². The third-order valence-corrected chi connectivity index (χ3v) is 4.35. The molecule has 0 aromatic heterocycles. The summed E-state index contributed by atoms with van der Waals surface area (Å²) >= 11 is 0. The second-order valence-electron chi connectivity index (χ2n) is 6.31. The van der Waals surface area contributed by atoms with Gasteiger partial charge in [-0.05, 0) is 61.1 Å². The molecule has 0 saturated carbocycles. The molecule has 2 rings (SSSR count). The predicted molar refractivity (Wildman–Crippen MR) is 91.7 cm³/mol. The summed E-state index contributed by atoms with van der Waals surface area (Å²) in [5.41, 5.74) is 1.37. The lowest BCUT2D eigenvalue weighted by atomic mass is 9.88. The first kappa shape index (κ1) is 19.6. The molecule has 0 saturated heterocycles. The number of aliphatic carboxylic acids is 2. The second-order valence-corrected chi connectivity index (χ2v) is 6.31. The van der Waals surface area contributed by atoms with Crippen molar-refractivity contribution in [1.29, 1.82) is 0 Å². The fraction of sp³-hybridized carbons (Fsp3) is 0.300. The quantitative estimate of drug-likeness (QED) is 0.709. The summed E-state index contributed by atoms with van der Waals surface area (Å²) in [4.78, 5) is 23.0. The van der Waals surface area contributed by atoms with Gasteiger partial charge >= 0.3 is 11.9 Å². The van der Waals surface area contributed by atoms with Crippen molar-refractivity contribution in [2.45, 2.75) is 25.7 Å². The number of hydrogen-bond donors (Lipinski definition) is 2. The number of carboxylic acids is 2. The van der Waals surface area contributed by atoms with E-state index in [4.69, 9.17) is 0 Å². The van der Waals surface area contributed by atoms with E-state index < -0.39 is 35.4 Å². The molecule has 0 aliphatic carbocycles. The third kappa shape index (κ3) is 5.95. The highest BCUT2D eigenvalue weighted by Gasteiger charge is 2.24. The first-order chi connectivity index (χ1) is 12.3. The first-order valence-electron chi connectivity index (χ1n) is 8.29. The van der Waals surface area contributed by atoms with Gasteiger partial charge in [0.05, 0.1) is 11.8 Å². The molecule has 0 amide bonds. The number of benzene rings is 2. The smallest absolute Gasteiger partial charge is 0.306 e. The summed E-state index contributed by atoms with van der Waals surface area (Å²) in [5, 5.41) is 18.8. The molecular weight excluding hydrogens is 342 g/mol. The highest BCUT2D eigenvalue weighted by molar-refractivity contribution is 5.72. The number of hydrogen-bond acceptors (Lipinski definition) is 2. The van der Waals surface area contributed by atoms with E-state index in [2.05, 4.69) is 0 Å². The van der Waals surface area contributed by atoms with Crippen LogP contribution < -0.4 is 0 Å². The maximum Gasteiger partial charge on any atom is 0.306 e. The normalized spacial score (nSPS) is 13.2. The van der Waals surface area contributed by atoms with Gasteiger partial charge in [0.15, 0.2) is 0 Å². The zero-order valence-corrected chi connectivity index (χ0v) is 14.1. The molecule has 138 valence electrons. The van der Waals surface area contributed by atoms with Crippen LogP contribution in [0.4, 0.5) is 8.78 Å². The lowest BCUT2D eigenvalue weighted by molar-refractivity contribution is -0.145. The summed E-state index contributed by atoms with van der Waals surface area (Å²) < 4.78 is 25.9. The molecule has 2 aromatic rings. The van der Waals surface area contributed by atoms with Crippen LogP contribution in [0.3, 0.4) is 0 Å². The average molecular weight is 362 g/mol. The molecule has 0 radical (unpaired) electrons. The van der Waals surface area contributed by atoms with Crippen LogP contribution in [0.2, 0.25) is 0 Å². The summed E-state index contributed by atoms with van der Waals surface area (Å²) in [6.45, 7) is 0. The van der Waals surface area contributed by atoms with E-state index in [0.717, 1.165) is 0 Å². The van der Waals surface area contributed by atoms with Gasteiger partial charge in [-0.2, -0.15) is 0 Å². The largest absolute Gasteiger partial charge is 0.481 e. The molecule has 0 fully saturated rings. The third-order valence-electron chi connectivity index (χ3n) is 4.35. The van der Waals surface area contributed by atoms with Crippen LogP contribution in [0.5, 0.6) is 0 Å². The molecule has 0 aliphatic rings. The Morgan fingerprint density at radius 2 is 1.00 bits per heavy atom. The Kier molecular flexibility index (Phi) is 6.83. The van der Waals surface area contributed by atoms with Gasteiger partial charge in [-0.25, -0.2) is 8.78 Å². The van der Waals surface area contributed by atoms with Gasteiger partial charge in [0.1, 0.15) is 11.6 Å². The Bertz CT molecular complexity index is 676. The second kappa shape index (κ2) is 9.08. The van der Waals surface area contributed by atoms with E-state index in [1.807, 2.05) is 0 Å². The molecule has 6 heteroatoms. The standard InChI is InChI=1S/C20H20F2O4/c21-17-7-1-13(2-8-17)11-15(19(23)24)5-6-16(20(25)26)12-14-3-9-18(22)10-4-14/h1-4,7-10,15-16H,5-6,11-12H2,(H,23,24)(H,25,26). The van der Waals surface area contributed by atoms with Gasteiger partial charge in [-0.15, -0.1) is 0 Å². The minimum atomic E-state index is -1.01. The van der Waals surface area contributed by atoms with Crippen molar-refractivity contribution in [3.8, 4) is 0 Å². The Labute approximate surface area is 150 Å². The van der Waals surface area contributed by atoms with Crippen LogP contribution in [-0.2, 0) is 22.4 Å². The van der Waals surface area contributed by atoms with E-state index in [1.165, 1.54) is 48.5 Å². The van der Waals surface area contributed by atoms with E-state index in [0.29, 0.717) is 11.1 Å². The van der Waals surface area contributed by atoms with E-state index in [-0.39, 0.29) is 25.7 Å². The van der Waals surface area contributed by atoms with Crippen molar-refractivity contribution in [3.05, 3.63) is 71.3 Å². The lowest BCUT2D eigenvalue weighted by Crippen LogP contribution is -2.22. The summed E-state index contributed by atoms with van der Waals surface area (Å²) in [7, 11) is 0.